The number of furan rings is 1. The van der Waals surface area contributed by atoms with Crippen LogP contribution in [0.2, 0.25) is 0 Å². The predicted molar refractivity (Wildman–Crippen MR) is 98.1 cm³/mol. The van der Waals surface area contributed by atoms with E-state index < -0.39 is 48.3 Å². The van der Waals surface area contributed by atoms with Crippen molar-refractivity contribution in [3.8, 4) is 0 Å². The zero-order valence-corrected chi connectivity index (χ0v) is 15.1. The van der Waals surface area contributed by atoms with Crippen LogP contribution in [0, 0.1) is 4.91 Å². The standard InChI is InChI=1S/C19H16N2O8/c1-10-5-3-2-4-6-13(22)11-7-15(29-18(11)17(10)25)14(23)8-16(24)28-9-12(20)19(26)21-27/h2-5,7,12H,1,6,8-9,20H2/b4-2-,5-3-/t12-/m0/s1. The van der Waals surface area contributed by atoms with Crippen molar-refractivity contribution in [1.29, 1.82) is 0 Å². The second-order valence-electron chi connectivity index (χ2n) is 5.94. The van der Waals surface area contributed by atoms with Crippen LogP contribution in [-0.2, 0) is 14.3 Å². The minimum absolute atomic E-state index is 0.0248. The number of hydrogen-bond donors (Lipinski definition) is 1. The summed E-state index contributed by atoms with van der Waals surface area (Å²) >= 11 is 0. The van der Waals surface area contributed by atoms with Gasteiger partial charge in [-0.3, -0.25) is 24.0 Å². The molecule has 1 aromatic rings. The van der Waals surface area contributed by atoms with Gasteiger partial charge >= 0.3 is 11.9 Å². The monoisotopic (exact) mass is 400 g/mol. The van der Waals surface area contributed by atoms with Crippen molar-refractivity contribution in [3.63, 3.8) is 0 Å². The summed E-state index contributed by atoms with van der Waals surface area (Å²) in [4.78, 5) is 69.7. The van der Waals surface area contributed by atoms with E-state index in [1.54, 1.807) is 18.2 Å². The van der Waals surface area contributed by atoms with Gasteiger partial charge in [0.05, 0.1) is 5.56 Å². The second-order valence-corrected chi connectivity index (χ2v) is 5.94. The summed E-state index contributed by atoms with van der Waals surface area (Å²) in [6.07, 6.45) is 5.29. The highest BCUT2D eigenvalue weighted by atomic mass is 16.5. The highest BCUT2D eigenvalue weighted by molar-refractivity contribution is 6.16. The Kier molecular flexibility index (Phi) is 6.99. The quantitative estimate of drug-likeness (QED) is 0.245. The average molecular weight is 400 g/mol. The molecule has 10 heteroatoms. The normalized spacial score (nSPS) is 17.1. The summed E-state index contributed by atoms with van der Waals surface area (Å²) < 4.78 is 9.89. The van der Waals surface area contributed by atoms with Crippen molar-refractivity contribution in [2.24, 2.45) is 10.9 Å². The average Bonchev–Trinajstić information content (AvgIpc) is 3.15. The third kappa shape index (κ3) is 5.36. The van der Waals surface area contributed by atoms with E-state index in [1.165, 1.54) is 6.08 Å². The Bertz CT molecular complexity index is 967. The molecule has 1 aromatic heterocycles. The molecule has 2 rings (SSSR count). The van der Waals surface area contributed by atoms with Crippen LogP contribution in [0.15, 0.2) is 52.1 Å². The molecule has 1 aliphatic rings. The van der Waals surface area contributed by atoms with Gasteiger partial charge in [0.1, 0.15) is 19.1 Å². The Hall–Kier alpha value is -3.79. The first-order valence-corrected chi connectivity index (χ1v) is 8.30. The molecule has 0 radical (unpaired) electrons. The molecule has 1 atom stereocenters. The molecule has 29 heavy (non-hydrogen) atoms. The molecular formula is C19H16N2O8. The van der Waals surface area contributed by atoms with Crippen molar-refractivity contribution < 1.29 is 33.1 Å². The highest BCUT2D eigenvalue weighted by Crippen LogP contribution is 2.23. The van der Waals surface area contributed by atoms with E-state index in [4.69, 9.17) is 10.2 Å². The molecular weight excluding hydrogens is 384 g/mol. The Morgan fingerprint density at radius 1 is 1.28 bits per heavy atom. The summed E-state index contributed by atoms with van der Waals surface area (Å²) in [6.45, 7) is 2.95. The van der Waals surface area contributed by atoms with Crippen molar-refractivity contribution in [3.05, 3.63) is 64.5 Å². The lowest BCUT2D eigenvalue weighted by Gasteiger charge is -2.06. The fraction of sp³-hybridized carbons (Fsp3) is 0.211. The Balaban J connectivity index is 2.16. The molecule has 0 aromatic carbocycles. The number of ketones is 3. The van der Waals surface area contributed by atoms with Crippen LogP contribution >= 0.6 is 0 Å². The van der Waals surface area contributed by atoms with Gasteiger partial charge in [-0.05, 0) is 6.07 Å². The van der Waals surface area contributed by atoms with Crippen LogP contribution in [0.5, 0.6) is 0 Å². The number of nitroso groups, excluding NO2 is 1. The van der Waals surface area contributed by atoms with Crippen LogP contribution in [-0.4, -0.2) is 41.9 Å². The second kappa shape index (κ2) is 9.42. The van der Waals surface area contributed by atoms with Crippen LogP contribution < -0.4 is 5.73 Å². The number of nitrogens with two attached hydrogens (primary N) is 1. The van der Waals surface area contributed by atoms with Crippen LogP contribution in [0.1, 0.15) is 44.3 Å². The molecule has 0 unspecified atom stereocenters. The molecule has 1 heterocycles. The van der Waals surface area contributed by atoms with E-state index in [0.717, 1.165) is 6.07 Å². The lowest BCUT2D eigenvalue weighted by molar-refractivity contribution is -0.143. The largest absolute Gasteiger partial charge is 0.463 e. The number of fused-ring (bicyclic) bond motifs is 1. The van der Waals surface area contributed by atoms with Crippen LogP contribution in [0.3, 0.4) is 0 Å². The third-order valence-electron chi connectivity index (χ3n) is 3.79. The number of carbonyl (C=O) groups excluding carboxylic acids is 5. The number of hydrogen-bond acceptors (Lipinski definition) is 9. The van der Waals surface area contributed by atoms with Gasteiger partial charge in [0.2, 0.25) is 11.6 Å². The first-order valence-electron chi connectivity index (χ1n) is 8.30. The van der Waals surface area contributed by atoms with E-state index in [-0.39, 0.29) is 29.1 Å². The first-order chi connectivity index (χ1) is 13.7. The summed E-state index contributed by atoms with van der Waals surface area (Å²) in [5, 5.41) is 2.09. The van der Waals surface area contributed by atoms with Gasteiger partial charge in [-0.25, -0.2) is 0 Å². The smallest absolute Gasteiger partial charge is 0.313 e. The summed E-state index contributed by atoms with van der Waals surface area (Å²) in [5.41, 5.74) is 5.21. The van der Waals surface area contributed by atoms with E-state index in [9.17, 15) is 28.9 Å². The van der Waals surface area contributed by atoms with Gasteiger partial charge in [0, 0.05) is 17.2 Å². The van der Waals surface area contributed by atoms with Crippen molar-refractivity contribution in [2.45, 2.75) is 18.9 Å². The van der Waals surface area contributed by atoms with Crippen molar-refractivity contribution in [1.82, 2.24) is 0 Å². The number of Topliss-reactive ketones (excluding diaryl/α,β-unsaturated/α-hetero) is 3. The molecule has 10 nitrogen and oxygen atoms in total. The van der Waals surface area contributed by atoms with Gasteiger partial charge in [0.15, 0.2) is 17.3 Å². The third-order valence-corrected chi connectivity index (χ3v) is 3.79. The molecule has 0 fully saturated rings. The molecule has 1 aliphatic carbocycles. The van der Waals surface area contributed by atoms with Crippen molar-refractivity contribution in [2.75, 3.05) is 6.61 Å². The summed E-state index contributed by atoms with van der Waals surface area (Å²) in [5.74, 6) is -4.97. The van der Waals surface area contributed by atoms with E-state index in [0.29, 0.717) is 0 Å². The van der Waals surface area contributed by atoms with Gasteiger partial charge in [-0.2, -0.15) is 0 Å². The maximum atomic E-state index is 12.4. The zero-order valence-electron chi connectivity index (χ0n) is 15.1. The number of nitrogens with zero attached hydrogens (tertiary/aromatic N) is 1. The van der Waals surface area contributed by atoms with E-state index in [1.807, 2.05) is 0 Å². The number of allylic oxidation sites excluding steroid dienone is 5. The number of carbonyl (C=O) groups is 5. The SMILES string of the molecule is C=C1/C=C\C=C/CC(=O)c2cc(C(=O)CC(=O)OC[C@H](N)C(=O)N=O)oc2C1=O. The fourth-order valence-corrected chi connectivity index (χ4v) is 2.25. The van der Waals surface area contributed by atoms with Crippen LogP contribution in [0.25, 0.3) is 0 Å². The predicted octanol–water partition coefficient (Wildman–Crippen LogP) is 1.45. The maximum absolute atomic E-state index is 12.4. The van der Waals surface area contributed by atoms with E-state index >= 15 is 0 Å². The lowest BCUT2D eigenvalue weighted by atomic mass is 10.0. The van der Waals surface area contributed by atoms with E-state index in [2.05, 4.69) is 16.5 Å². The minimum Gasteiger partial charge on any atom is -0.463 e. The Morgan fingerprint density at radius 3 is 2.69 bits per heavy atom. The molecule has 0 saturated carbocycles. The molecule has 150 valence electrons. The Morgan fingerprint density at radius 2 is 2.00 bits per heavy atom. The number of amides is 1. The summed E-state index contributed by atoms with van der Waals surface area (Å²) in [6, 6.07) is -0.353. The number of esters is 1. The topological polar surface area (TPSA) is 163 Å². The van der Waals surface area contributed by atoms with Crippen LogP contribution in [0.4, 0.5) is 0 Å². The molecule has 0 spiro atoms. The molecule has 0 saturated heterocycles. The van der Waals surface area contributed by atoms with Gasteiger partial charge in [0.25, 0.3) is 0 Å². The maximum Gasteiger partial charge on any atom is 0.313 e. The van der Waals surface area contributed by atoms with Crippen molar-refractivity contribution >= 4 is 29.2 Å². The molecule has 0 aliphatic heterocycles. The molecule has 2 N–H and O–H groups in total. The first kappa shape index (κ1) is 21.5. The number of ether oxygens (including phenoxy) is 1. The highest BCUT2D eigenvalue weighted by Gasteiger charge is 2.27. The fourth-order valence-electron chi connectivity index (χ4n) is 2.25. The van der Waals surface area contributed by atoms with Gasteiger partial charge in [-0.15, -0.1) is 4.91 Å². The lowest BCUT2D eigenvalue weighted by Crippen LogP contribution is -2.35. The molecule has 1 amide bonds. The van der Waals surface area contributed by atoms with Gasteiger partial charge in [-0.1, -0.05) is 30.9 Å². The Labute approximate surface area is 164 Å². The minimum atomic E-state index is -1.44. The zero-order chi connectivity index (χ0) is 21.6. The van der Waals surface area contributed by atoms with Gasteiger partial charge < -0.3 is 14.9 Å². The number of rotatable bonds is 6. The molecule has 0 bridgehead atoms. The summed E-state index contributed by atoms with van der Waals surface area (Å²) in [7, 11) is 0.